The minimum absolute atomic E-state index is 0.0275. The van der Waals surface area contributed by atoms with E-state index in [0.29, 0.717) is 36.4 Å². The van der Waals surface area contributed by atoms with Crippen molar-refractivity contribution in [2.45, 2.75) is 52.2 Å². The number of benzene rings is 1. The number of hydrogen-bond donors (Lipinski definition) is 4. The lowest BCUT2D eigenvalue weighted by Crippen LogP contribution is -2.43. The number of hydrogen-bond acceptors (Lipinski definition) is 6. The molecular formula is C20H29N3O6. The maximum absolute atomic E-state index is 12.2. The van der Waals surface area contributed by atoms with Gasteiger partial charge in [0.2, 0.25) is 0 Å². The summed E-state index contributed by atoms with van der Waals surface area (Å²) in [7, 11) is 0. The Kier molecular flexibility index (Phi) is 7.44. The molecule has 1 aromatic rings. The summed E-state index contributed by atoms with van der Waals surface area (Å²) >= 11 is 0. The van der Waals surface area contributed by atoms with Gasteiger partial charge in [-0.1, -0.05) is 26.8 Å². The molecule has 1 aromatic carbocycles. The topological polar surface area (TPSA) is 140 Å². The highest BCUT2D eigenvalue weighted by Crippen LogP contribution is 2.31. The first-order valence-electron chi connectivity index (χ1n) is 9.55. The Bertz CT molecular complexity index is 759. The van der Waals surface area contributed by atoms with Crippen molar-refractivity contribution in [3.63, 3.8) is 0 Å². The first kappa shape index (κ1) is 22.5. The first-order valence-corrected chi connectivity index (χ1v) is 9.55. The number of anilines is 1. The molecule has 2 amide bonds. The van der Waals surface area contributed by atoms with Crippen molar-refractivity contribution < 1.29 is 29.0 Å². The van der Waals surface area contributed by atoms with Crippen molar-refractivity contribution in [2.75, 3.05) is 18.5 Å². The maximum Gasteiger partial charge on any atom is 0.407 e. The third kappa shape index (κ3) is 6.94. The molecule has 9 nitrogen and oxygen atoms in total. The van der Waals surface area contributed by atoms with E-state index in [1.54, 1.807) is 18.2 Å². The summed E-state index contributed by atoms with van der Waals surface area (Å²) in [6.07, 6.45) is -0.166. The van der Waals surface area contributed by atoms with E-state index >= 15 is 0 Å². The number of nitrogens with one attached hydrogen (secondary N) is 2. The quantitative estimate of drug-likeness (QED) is 0.516. The molecule has 5 N–H and O–H groups in total. The van der Waals surface area contributed by atoms with Gasteiger partial charge in [-0.3, -0.25) is 4.79 Å². The number of ether oxygens (including phenoxy) is 2. The van der Waals surface area contributed by atoms with Crippen LogP contribution in [0.2, 0.25) is 0 Å². The first-order chi connectivity index (χ1) is 13.6. The highest BCUT2D eigenvalue weighted by Gasteiger charge is 2.28. The molecule has 0 unspecified atom stereocenters. The van der Waals surface area contributed by atoms with Crippen molar-refractivity contribution in [1.29, 1.82) is 0 Å². The average molecular weight is 407 g/mol. The van der Waals surface area contributed by atoms with Crippen molar-refractivity contribution in [3.8, 4) is 5.75 Å². The number of rotatable bonds is 8. The summed E-state index contributed by atoms with van der Waals surface area (Å²) in [6, 6.07) is 3.85. The highest BCUT2D eigenvalue weighted by molar-refractivity contribution is 5.97. The summed E-state index contributed by atoms with van der Waals surface area (Å²) < 4.78 is 10.8. The van der Waals surface area contributed by atoms with E-state index in [1.165, 1.54) is 0 Å². The number of amides is 2. The second-order valence-electron chi connectivity index (χ2n) is 8.23. The molecule has 29 heavy (non-hydrogen) atoms. The molecule has 0 radical (unpaired) electrons. The molecule has 2 atom stereocenters. The molecule has 0 aromatic heterocycles. The van der Waals surface area contributed by atoms with Crippen LogP contribution in [0.15, 0.2) is 18.2 Å². The van der Waals surface area contributed by atoms with E-state index in [1.807, 2.05) is 20.8 Å². The van der Waals surface area contributed by atoms with Crippen LogP contribution >= 0.6 is 0 Å². The molecular weight excluding hydrogens is 378 g/mol. The molecule has 0 saturated heterocycles. The minimum atomic E-state index is -1.18. The summed E-state index contributed by atoms with van der Waals surface area (Å²) in [5.74, 6) is -0.931. The van der Waals surface area contributed by atoms with Gasteiger partial charge < -0.3 is 30.9 Å². The van der Waals surface area contributed by atoms with Crippen LogP contribution in [0.3, 0.4) is 0 Å². The largest absolute Gasteiger partial charge is 0.480 e. The fourth-order valence-electron chi connectivity index (χ4n) is 2.72. The average Bonchev–Trinajstić information content (AvgIpc) is 2.63. The van der Waals surface area contributed by atoms with Crippen LogP contribution in [-0.2, 0) is 20.7 Å². The number of carbonyl (C=O) groups is 3. The van der Waals surface area contributed by atoms with Gasteiger partial charge in [-0.05, 0) is 42.5 Å². The Morgan fingerprint density at radius 1 is 1.38 bits per heavy atom. The van der Waals surface area contributed by atoms with Crippen LogP contribution in [0.5, 0.6) is 5.75 Å². The third-order valence-electron chi connectivity index (χ3n) is 4.20. The number of aliphatic carboxylic acids is 1. The van der Waals surface area contributed by atoms with E-state index in [0.717, 1.165) is 0 Å². The van der Waals surface area contributed by atoms with Crippen LogP contribution in [0.25, 0.3) is 0 Å². The van der Waals surface area contributed by atoms with E-state index in [4.69, 9.17) is 15.2 Å². The van der Waals surface area contributed by atoms with Gasteiger partial charge in [0.1, 0.15) is 11.8 Å². The normalized spacial score (nSPS) is 16.8. The molecule has 9 heteroatoms. The molecule has 0 bridgehead atoms. The lowest BCUT2D eigenvalue weighted by Gasteiger charge is -2.26. The highest BCUT2D eigenvalue weighted by atomic mass is 16.5. The Balaban J connectivity index is 2.03. The SMILES string of the molecule is CC(C)(C)COC(=O)N[C@@H](Cc1ccc2c(c1)NC(=O)[C@@H](CCCN)O2)C(=O)O. The zero-order valence-corrected chi connectivity index (χ0v) is 17.0. The standard InChI is InChI=1S/C20H29N3O6/c1-20(2,3)11-28-19(27)23-14(18(25)26)10-12-6-7-15-13(9-12)22-17(24)16(29-15)5-4-8-21/h6-7,9,14,16H,4-5,8,10-11,21H2,1-3H3,(H,22,24)(H,23,27)(H,25,26)/t14-,16+/m0/s1. The van der Waals surface area contributed by atoms with Gasteiger partial charge >= 0.3 is 12.1 Å². The summed E-state index contributed by atoms with van der Waals surface area (Å²) in [6.45, 7) is 6.34. The Labute approximate surface area is 169 Å². The lowest BCUT2D eigenvalue weighted by molar-refractivity contribution is -0.139. The van der Waals surface area contributed by atoms with Crippen LogP contribution in [-0.4, -0.2) is 48.4 Å². The summed E-state index contributed by atoms with van der Waals surface area (Å²) in [5.41, 5.74) is 6.34. The number of nitrogens with two attached hydrogens (primary N) is 1. The second kappa shape index (κ2) is 9.60. The molecule has 0 fully saturated rings. The fraction of sp³-hybridized carbons (Fsp3) is 0.550. The molecule has 0 aliphatic carbocycles. The molecule has 0 saturated carbocycles. The van der Waals surface area contributed by atoms with Crippen molar-refractivity contribution in [3.05, 3.63) is 23.8 Å². The molecule has 1 heterocycles. The Morgan fingerprint density at radius 3 is 2.72 bits per heavy atom. The predicted molar refractivity (Wildman–Crippen MR) is 107 cm³/mol. The third-order valence-corrected chi connectivity index (χ3v) is 4.20. The number of alkyl carbamates (subject to hydrolysis) is 1. The minimum Gasteiger partial charge on any atom is -0.480 e. The second-order valence-corrected chi connectivity index (χ2v) is 8.23. The van der Waals surface area contributed by atoms with Gasteiger partial charge in [-0.2, -0.15) is 0 Å². The van der Waals surface area contributed by atoms with E-state index in [-0.39, 0.29) is 24.3 Å². The van der Waals surface area contributed by atoms with Crippen molar-refractivity contribution in [2.24, 2.45) is 11.1 Å². The van der Waals surface area contributed by atoms with Crippen molar-refractivity contribution in [1.82, 2.24) is 5.32 Å². The molecule has 0 spiro atoms. The number of carbonyl (C=O) groups excluding carboxylic acids is 2. The van der Waals surface area contributed by atoms with Gasteiger partial charge in [0.25, 0.3) is 5.91 Å². The van der Waals surface area contributed by atoms with Crippen LogP contribution in [0.4, 0.5) is 10.5 Å². The molecule has 160 valence electrons. The number of carboxylic acid groups (broad SMARTS) is 1. The Morgan fingerprint density at radius 2 is 2.10 bits per heavy atom. The van der Waals surface area contributed by atoms with Gasteiger partial charge in [0, 0.05) is 6.42 Å². The zero-order valence-electron chi connectivity index (χ0n) is 17.0. The van der Waals surface area contributed by atoms with Crippen LogP contribution < -0.4 is 21.1 Å². The van der Waals surface area contributed by atoms with Crippen LogP contribution in [0.1, 0.15) is 39.2 Å². The number of carboxylic acids is 1. The fourth-order valence-corrected chi connectivity index (χ4v) is 2.72. The van der Waals surface area contributed by atoms with Gasteiger partial charge in [0.15, 0.2) is 6.10 Å². The van der Waals surface area contributed by atoms with E-state index < -0.39 is 24.2 Å². The monoisotopic (exact) mass is 407 g/mol. The van der Waals surface area contributed by atoms with E-state index in [9.17, 15) is 19.5 Å². The van der Waals surface area contributed by atoms with E-state index in [2.05, 4.69) is 10.6 Å². The predicted octanol–water partition coefficient (Wildman–Crippen LogP) is 1.89. The maximum atomic E-state index is 12.2. The molecule has 2 rings (SSSR count). The van der Waals surface area contributed by atoms with Gasteiger partial charge in [-0.15, -0.1) is 0 Å². The molecule has 1 aliphatic heterocycles. The summed E-state index contributed by atoms with van der Waals surface area (Å²) in [5, 5.41) is 14.6. The summed E-state index contributed by atoms with van der Waals surface area (Å²) in [4.78, 5) is 35.6. The smallest absolute Gasteiger partial charge is 0.407 e. The Hall–Kier alpha value is -2.81. The van der Waals surface area contributed by atoms with Gasteiger partial charge in [0.05, 0.1) is 12.3 Å². The van der Waals surface area contributed by atoms with Gasteiger partial charge in [-0.25, -0.2) is 9.59 Å². The zero-order chi connectivity index (χ0) is 21.6. The van der Waals surface area contributed by atoms with Crippen LogP contribution in [0, 0.1) is 5.41 Å². The van der Waals surface area contributed by atoms with Crippen molar-refractivity contribution >= 4 is 23.7 Å². The number of fused-ring (bicyclic) bond motifs is 1. The molecule has 1 aliphatic rings. The lowest BCUT2D eigenvalue weighted by atomic mass is 9.99.